The van der Waals surface area contributed by atoms with E-state index in [1.807, 2.05) is 13.1 Å². The molecule has 1 fully saturated rings. The predicted octanol–water partition coefficient (Wildman–Crippen LogP) is 2.54. The number of unbranched alkanes of at least 4 members (excludes halogenated alkanes) is 1. The van der Waals surface area contributed by atoms with Crippen LogP contribution in [0, 0.1) is 5.41 Å². The summed E-state index contributed by atoms with van der Waals surface area (Å²) in [6.07, 6.45) is 8.43. The van der Waals surface area contributed by atoms with Crippen LogP contribution in [0.3, 0.4) is 0 Å². The molecule has 0 unspecified atom stereocenters. The molecule has 0 saturated heterocycles. The summed E-state index contributed by atoms with van der Waals surface area (Å²) >= 11 is 0. The fourth-order valence-corrected chi connectivity index (χ4v) is 2.03. The van der Waals surface area contributed by atoms with Crippen molar-refractivity contribution < 1.29 is 4.74 Å². The van der Waals surface area contributed by atoms with Crippen molar-refractivity contribution >= 4 is 5.90 Å². The normalized spacial score (nSPS) is 24.7. The highest BCUT2D eigenvalue weighted by Gasteiger charge is 2.17. The average molecular weight is 253 g/mol. The Bertz CT molecular complexity index is 281. The summed E-state index contributed by atoms with van der Waals surface area (Å²) < 4.78 is 5.36. The predicted molar refractivity (Wildman–Crippen MR) is 75.7 cm³/mol. The molecule has 4 nitrogen and oxygen atoms in total. The smallest absolute Gasteiger partial charge is 0.210 e. The lowest BCUT2D eigenvalue weighted by molar-refractivity contribution is 0.294. The van der Waals surface area contributed by atoms with Crippen molar-refractivity contribution in [2.24, 2.45) is 5.73 Å². The Morgan fingerprint density at radius 2 is 2.06 bits per heavy atom. The summed E-state index contributed by atoms with van der Waals surface area (Å²) in [6.45, 7) is 4.67. The maximum atomic E-state index is 7.77. The van der Waals surface area contributed by atoms with Gasteiger partial charge in [-0.2, -0.15) is 0 Å². The third-order valence-corrected chi connectivity index (χ3v) is 3.41. The van der Waals surface area contributed by atoms with Crippen LogP contribution in [0.2, 0.25) is 0 Å². The van der Waals surface area contributed by atoms with Crippen LogP contribution in [0.5, 0.6) is 0 Å². The Kier molecular flexibility index (Phi) is 6.80. The largest absolute Gasteiger partial charge is 0.478 e. The fraction of sp³-hybridized carbons (Fsp3) is 0.786. The van der Waals surface area contributed by atoms with Crippen molar-refractivity contribution in [3.63, 3.8) is 0 Å². The molecular weight excluding hydrogens is 226 g/mol. The molecular formula is C14H27N3O. The molecule has 0 aromatic carbocycles. The van der Waals surface area contributed by atoms with Gasteiger partial charge in [0.05, 0.1) is 6.61 Å². The minimum Gasteiger partial charge on any atom is -0.478 e. The van der Waals surface area contributed by atoms with Crippen LogP contribution >= 0.6 is 0 Å². The summed E-state index contributed by atoms with van der Waals surface area (Å²) in [5.41, 5.74) is 6.73. The minimum atomic E-state index is 0.281. The summed E-state index contributed by atoms with van der Waals surface area (Å²) in [4.78, 5) is 0. The van der Waals surface area contributed by atoms with Crippen molar-refractivity contribution in [3.8, 4) is 0 Å². The van der Waals surface area contributed by atoms with Crippen molar-refractivity contribution in [3.05, 3.63) is 11.8 Å². The fourth-order valence-electron chi connectivity index (χ4n) is 2.03. The summed E-state index contributed by atoms with van der Waals surface area (Å²) in [5.74, 6) is 0.281. The molecule has 1 aliphatic rings. The molecule has 1 aliphatic carbocycles. The number of hydrogen-bond acceptors (Lipinski definition) is 4. The first kappa shape index (κ1) is 15.0. The van der Waals surface area contributed by atoms with Crippen LogP contribution in [-0.2, 0) is 4.74 Å². The van der Waals surface area contributed by atoms with E-state index in [0.29, 0.717) is 18.7 Å². The van der Waals surface area contributed by atoms with Gasteiger partial charge in [0.25, 0.3) is 0 Å². The van der Waals surface area contributed by atoms with Gasteiger partial charge < -0.3 is 15.8 Å². The van der Waals surface area contributed by atoms with Crippen molar-refractivity contribution in [2.45, 2.75) is 64.5 Å². The molecule has 4 heteroatoms. The van der Waals surface area contributed by atoms with Gasteiger partial charge in [-0.1, -0.05) is 13.3 Å². The molecule has 0 bridgehead atoms. The zero-order chi connectivity index (χ0) is 13.4. The third-order valence-electron chi connectivity index (χ3n) is 3.41. The topological polar surface area (TPSA) is 71.1 Å². The Morgan fingerprint density at radius 1 is 1.39 bits per heavy atom. The van der Waals surface area contributed by atoms with Gasteiger partial charge in [-0.3, -0.25) is 5.41 Å². The lowest BCUT2D eigenvalue weighted by Crippen LogP contribution is -2.35. The first-order valence-corrected chi connectivity index (χ1v) is 7.03. The van der Waals surface area contributed by atoms with E-state index in [0.717, 1.165) is 44.1 Å². The minimum absolute atomic E-state index is 0.281. The van der Waals surface area contributed by atoms with Crippen LogP contribution in [0.4, 0.5) is 0 Å². The van der Waals surface area contributed by atoms with Crippen molar-refractivity contribution in [1.29, 1.82) is 5.41 Å². The second-order valence-corrected chi connectivity index (χ2v) is 5.14. The summed E-state index contributed by atoms with van der Waals surface area (Å²) in [6, 6.07) is 0.881. The third kappa shape index (κ3) is 5.54. The number of nitrogens with two attached hydrogens (primary N) is 1. The Morgan fingerprint density at radius 3 is 2.67 bits per heavy atom. The number of nitrogens with one attached hydrogen (secondary N) is 2. The van der Waals surface area contributed by atoms with Crippen LogP contribution in [0.15, 0.2) is 11.8 Å². The maximum Gasteiger partial charge on any atom is 0.210 e. The van der Waals surface area contributed by atoms with Gasteiger partial charge >= 0.3 is 0 Å². The molecule has 4 N–H and O–H groups in total. The van der Waals surface area contributed by atoms with Crippen LogP contribution in [-0.4, -0.2) is 24.6 Å². The standard InChI is InChI=1S/C14H27N3O/c1-3-4-9-18-14(16)11(2)10-17-13-7-5-12(15)6-8-13/h10,12-13,16-17H,3-9,15H2,1-2H3/b11-10-,16-14?. The molecule has 0 aromatic heterocycles. The molecule has 0 spiro atoms. The first-order chi connectivity index (χ1) is 8.63. The molecule has 0 heterocycles. The molecule has 1 rings (SSSR count). The molecule has 0 radical (unpaired) electrons. The highest BCUT2D eigenvalue weighted by Crippen LogP contribution is 2.17. The molecule has 104 valence electrons. The van der Waals surface area contributed by atoms with Crippen LogP contribution in [0.25, 0.3) is 0 Å². The van der Waals surface area contributed by atoms with E-state index in [9.17, 15) is 0 Å². The van der Waals surface area contributed by atoms with E-state index in [1.54, 1.807) is 0 Å². The van der Waals surface area contributed by atoms with E-state index >= 15 is 0 Å². The molecule has 0 amide bonds. The van der Waals surface area contributed by atoms with E-state index in [1.165, 1.54) is 0 Å². The van der Waals surface area contributed by atoms with E-state index in [-0.39, 0.29) is 5.90 Å². The van der Waals surface area contributed by atoms with Crippen LogP contribution in [0.1, 0.15) is 52.4 Å². The summed E-state index contributed by atoms with van der Waals surface area (Å²) in [5, 5.41) is 11.1. The zero-order valence-electron chi connectivity index (χ0n) is 11.7. The van der Waals surface area contributed by atoms with Crippen molar-refractivity contribution in [2.75, 3.05) is 6.61 Å². The second-order valence-electron chi connectivity index (χ2n) is 5.14. The van der Waals surface area contributed by atoms with E-state index in [4.69, 9.17) is 15.9 Å². The first-order valence-electron chi connectivity index (χ1n) is 7.03. The van der Waals surface area contributed by atoms with Gasteiger partial charge in [-0.15, -0.1) is 0 Å². The number of rotatable bonds is 6. The molecule has 0 aliphatic heterocycles. The Balaban J connectivity index is 2.25. The highest BCUT2D eigenvalue weighted by atomic mass is 16.5. The lowest BCUT2D eigenvalue weighted by Gasteiger charge is -2.26. The molecule has 1 saturated carbocycles. The van der Waals surface area contributed by atoms with Gasteiger partial charge in [-0.25, -0.2) is 0 Å². The lowest BCUT2D eigenvalue weighted by atomic mass is 9.92. The molecule has 18 heavy (non-hydrogen) atoms. The molecule has 0 atom stereocenters. The Hall–Kier alpha value is -1.03. The SMILES string of the molecule is CCCCOC(=N)/C(C)=C\NC1CCC(N)CC1. The second kappa shape index (κ2) is 8.14. The van der Waals surface area contributed by atoms with Gasteiger partial charge in [0.15, 0.2) is 0 Å². The van der Waals surface area contributed by atoms with E-state index in [2.05, 4.69) is 12.2 Å². The highest BCUT2D eigenvalue weighted by molar-refractivity contribution is 5.90. The number of hydrogen-bond donors (Lipinski definition) is 3. The maximum absolute atomic E-state index is 7.77. The van der Waals surface area contributed by atoms with Crippen molar-refractivity contribution in [1.82, 2.24) is 5.32 Å². The van der Waals surface area contributed by atoms with E-state index < -0.39 is 0 Å². The van der Waals surface area contributed by atoms with Crippen LogP contribution < -0.4 is 11.1 Å². The van der Waals surface area contributed by atoms with Gasteiger partial charge in [0.2, 0.25) is 5.90 Å². The zero-order valence-corrected chi connectivity index (χ0v) is 11.7. The molecule has 0 aromatic rings. The monoisotopic (exact) mass is 253 g/mol. The van der Waals surface area contributed by atoms with Gasteiger partial charge in [-0.05, 0) is 39.0 Å². The van der Waals surface area contributed by atoms with Gasteiger partial charge in [0.1, 0.15) is 0 Å². The average Bonchev–Trinajstić information content (AvgIpc) is 2.38. The number of ether oxygens (including phenoxy) is 1. The quantitative estimate of drug-likeness (QED) is 0.387. The Labute approximate surface area is 110 Å². The van der Waals surface area contributed by atoms with Gasteiger partial charge in [0, 0.05) is 23.9 Å². The summed E-state index contributed by atoms with van der Waals surface area (Å²) in [7, 11) is 0.